The number of benzene rings is 2. The van der Waals surface area contributed by atoms with Crippen molar-refractivity contribution in [3.8, 4) is 11.3 Å². The van der Waals surface area contributed by atoms with E-state index >= 15 is 0 Å². The summed E-state index contributed by atoms with van der Waals surface area (Å²) in [5, 5.41) is 3.66. The van der Waals surface area contributed by atoms with Crippen molar-refractivity contribution in [2.75, 3.05) is 4.72 Å². The summed E-state index contributed by atoms with van der Waals surface area (Å²) in [5.41, 5.74) is 2.18. The Bertz CT molecular complexity index is 1050. The van der Waals surface area contributed by atoms with Gasteiger partial charge in [0, 0.05) is 11.6 Å². The van der Waals surface area contributed by atoms with Gasteiger partial charge in [0.05, 0.1) is 21.3 Å². The third-order valence-corrected chi connectivity index (χ3v) is 5.38. The molecule has 3 aromatic rings. The topological polar surface area (TPSA) is 72.2 Å². The molecule has 0 atom stereocenters. The highest BCUT2D eigenvalue weighted by Gasteiger charge is 2.18. The molecule has 2 aromatic carbocycles. The third kappa shape index (κ3) is 3.67. The number of aryl methyl sites for hydroxylation is 2. The highest BCUT2D eigenvalue weighted by atomic mass is 35.5. The van der Waals surface area contributed by atoms with Crippen molar-refractivity contribution < 1.29 is 17.3 Å². The van der Waals surface area contributed by atoms with E-state index < -0.39 is 15.8 Å². The number of nitrogens with one attached hydrogen (secondary N) is 1. The fraction of sp³-hybridized carbons (Fsp3) is 0.118. The van der Waals surface area contributed by atoms with E-state index in [0.29, 0.717) is 11.3 Å². The molecule has 3 rings (SSSR count). The molecule has 0 radical (unpaired) electrons. The largest absolute Gasteiger partial charge is 0.356 e. The molecule has 25 heavy (non-hydrogen) atoms. The van der Waals surface area contributed by atoms with Gasteiger partial charge in [0.2, 0.25) is 0 Å². The molecule has 130 valence electrons. The minimum atomic E-state index is -3.84. The lowest BCUT2D eigenvalue weighted by Gasteiger charge is -2.11. The maximum atomic E-state index is 13.2. The number of nitrogens with zero attached hydrogens (tertiary/aromatic N) is 1. The summed E-state index contributed by atoms with van der Waals surface area (Å²) in [4.78, 5) is 0.105. The lowest BCUT2D eigenvalue weighted by Crippen LogP contribution is -2.14. The Labute approximate surface area is 149 Å². The van der Waals surface area contributed by atoms with Crippen LogP contribution >= 0.6 is 11.6 Å². The molecule has 5 nitrogen and oxygen atoms in total. The van der Waals surface area contributed by atoms with Crippen LogP contribution < -0.4 is 4.72 Å². The van der Waals surface area contributed by atoms with E-state index in [1.165, 1.54) is 18.2 Å². The predicted octanol–water partition coefficient (Wildman–Crippen LogP) is 4.55. The zero-order valence-electron chi connectivity index (χ0n) is 13.4. The van der Waals surface area contributed by atoms with Gasteiger partial charge >= 0.3 is 0 Å². The minimum Gasteiger partial charge on any atom is -0.356 e. The second-order valence-corrected chi connectivity index (χ2v) is 7.61. The van der Waals surface area contributed by atoms with Crippen LogP contribution in [-0.2, 0) is 10.0 Å². The first kappa shape index (κ1) is 17.4. The molecule has 0 saturated carbocycles. The summed E-state index contributed by atoms with van der Waals surface area (Å²) < 4.78 is 46.0. The molecule has 0 unspecified atom stereocenters. The van der Waals surface area contributed by atoms with Gasteiger partial charge in [-0.1, -0.05) is 16.8 Å². The van der Waals surface area contributed by atoms with E-state index in [-0.39, 0.29) is 15.6 Å². The van der Waals surface area contributed by atoms with Crippen LogP contribution in [0.1, 0.15) is 11.3 Å². The predicted molar refractivity (Wildman–Crippen MR) is 93.6 cm³/mol. The van der Waals surface area contributed by atoms with E-state index in [1.54, 1.807) is 32.0 Å². The van der Waals surface area contributed by atoms with Gasteiger partial charge in [0.1, 0.15) is 5.82 Å². The zero-order valence-corrected chi connectivity index (χ0v) is 15.0. The fourth-order valence-corrected chi connectivity index (χ4v) is 3.83. The van der Waals surface area contributed by atoms with Crippen molar-refractivity contribution in [2.45, 2.75) is 18.7 Å². The van der Waals surface area contributed by atoms with Crippen molar-refractivity contribution in [1.29, 1.82) is 0 Å². The second kappa shape index (κ2) is 6.50. The van der Waals surface area contributed by atoms with Crippen molar-refractivity contribution in [1.82, 2.24) is 5.16 Å². The summed E-state index contributed by atoms with van der Waals surface area (Å²) in [6, 6.07) is 10.2. The van der Waals surface area contributed by atoms with Crippen molar-refractivity contribution in [2.24, 2.45) is 0 Å². The first-order valence-corrected chi connectivity index (χ1v) is 9.14. The molecule has 1 N–H and O–H groups in total. The number of hydrogen-bond donors (Lipinski definition) is 1. The molecule has 0 saturated heterocycles. The molecule has 1 heterocycles. The number of hydrogen-bond acceptors (Lipinski definition) is 4. The van der Waals surface area contributed by atoms with E-state index in [9.17, 15) is 12.8 Å². The number of rotatable bonds is 4. The standard InChI is InChI=1S/C17H14ClFN2O3S/c1-10-7-12(16-8-11(2)20-24-16)3-6-17(10)25(22,23)21-13-4-5-15(19)14(18)9-13/h3-9,21H,1-2H3. The molecule has 8 heteroatoms. The van der Waals surface area contributed by atoms with Crippen LogP contribution in [0.3, 0.4) is 0 Å². The maximum absolute atomic E-state index is 13.2. The third-order valence-electron chi connectivity index (χ3n) is 3.55. The molecule has 0 fully saturated rings. The van der Waals surface area contributed by atoms with Crippen LogP contribution in [0.25, 0.3) is 11.3 Å². The van der Waals surface area contributed by atoms with Crippen molar-refractivity contribution >= 4 is 27.3 Å². The van der Waals surface area contributed by atoms with Crippen LogP contribution in [0, 0.1) is 19.7 Å². The van der Waals surface area contributed by atoms with Crippen molar-refractivity contribution in [3.63, 3.8) is 0 Å². The lowest BCUT2D eigenvalue weighted by atomic mass is 10.1. The van der Waals surface area contributed by atoms with Gasteiger partial charge in [-0.05, 0) is 55.8 Å². The Balaban J connectivity index is 1.93. The quantitative estimate of drug-likeness (QED) is 0.720. The van der Waals surface area contributed by atoms with Gasteiger partial charge in [0.15, 0.2) is 5.76 Å². The molecular weight excluding hydrogens is 367 g/mol. The number of halogens is 2. The molecule has 1 aromatic heterocycles. The summed E-state index contributed by atoms with van der Waals surface area (Å²) >= 11 is 5.68. The first-order chi connectivity index (χ1) is 11.8. The smallest absolute Gasteiger partial charge is 0.262 e. The summed E-state index contributed by atoms with van der Waals surface area (Å²) in [7, 11) is -3.84. The second-order valence-electron chi connectivity index (χ2n) is 5.55. The average molecular weight is 381 g/mol. The molecule has 0 aliphatic rings. The summed E-state index contributed by atoms with van der Waals surface area (Å²) in [5.74, 6) is -0.0599. The van der Waals surface area contributed by atoms with E-state index in [0.717, 1.165) is 17.3 Å². The fourth-order valence-electron chi connectivity index (χ4n) is 2.37. The van der Waals surface area contributed by atoms with E-state index in [4.69, 9.17) is 16.1 Å². The highest BCUT2D eigenvalue weighted by Crippen LogP contribution is 2.27. The maximum Gasteiger partial charge on any atom is 0.262 e. The number of aromatic nitrogens is 1. The zero-order chi connectivity index (χ0) is 18.2. The molecule has 0 bridgehead atoms. The van der Waals surface area contributed by atoms with Gasteiger partial charge < -0.3 is 4.52 Å². The Kier molecular flexibility index (Phi) is 4.53. The van der Waals surface area contributed by atoms with E-state index in [2.05, 4.69) is 9.88 Å². The Morgan fingerprint density at radius 1 is 1.12 bits per heavy atom. The molecule has 0 aliphatic heterocycles. The van der Waals surface area contributed by atoms with Crippen LogP contribution in [-0.4, -0.2) is 13.6 Å². The number of anilines is 1. The molecule has 0 amide bonds. The minimum absolute atomic E-state index is 0.105. The normalized spacial score (nSPS) is 11.5. The van der Waals surface area contributed by atoms with E-state index in [1.807, 2.05) is 0 Å². The SMILES string of the molecule is Cc1cc(-c2ccc(S(=O)(=O)Nc3ccc(F)c(Cl)c3)c(C)c2)on1. The Hall–Kier alpha value is -2.38. The van der Waals surface area contributed by atoms with Gasteiger partial charge in [-0.15, -0.1) is 0 Å². The molecule has 0 spiro atoms. The van der Waals surface area contributed by atoms with Crippen LogP contribution in [0.15, 0.2) is 51.9 Å². The van der Waals surface area contributed by atoms with Crippen molar-refractivity contribution in [3.05, 3.63) is 64.6 Å². The average Bonchev–Trinajstić information content (AvgIpc) is 2.97. The van der Waals surface area contributed by atoms with Gasteiger partial charge in [0.25, 0.3) is 10.0 Å². The molecular formula is C17H14ClFN2O3S. The monoisotopic (exact) mass is 380 g/mol. The lowest BCUT2D eigenvalue weighted by molar-refractivity contribution is 0.427. The summed E-state index contributed by atoms with van der Waals surface area (Å²) in [6.45, 7) is 3.48. The number of sulfonamides is 1. The summed E-state index contributed by atoms with van der Waals surface area (Å²) in [6.07, 6.45) is 0. The van der Waals surface area contributed by atoms with Crippen LogP contribution in [0.4, 0.5) is 10.1 Å². The van der Waals surface area contributed by atoms with Crippen LogP contribution in [0.5, 0.6) is 0 Å². The highest BCUT2D eigenvalue weighted by molar-refractivity contribution is 7.92. The van der Waals surface area contributed by atoms with Gasteiger partial charge in [-0.2, -0.15) is 0 Å². The van der Waals surface area contributed by atoms with Gasteiger partial charge in [-0.25, -0.2) is 12.8 Å². The van der Waals surface area contributed by atoms with Crippen LogP contribution in [0.2, 0.25) is 5.02 Å². The Morgan fingerprint density at radius 3 is 2.48 bits per heavy atom. The molecule has 0 aliphatic carbocycles. The Morgan fingerprint density at radius 2 is 1.88 bits per heavy atom. The first-order valence-electron chi connectivity index (χ1n) is 7.28. The van der Waals surface area contributed by atoms with Gasteiger partial charge in [-0.3, -0.25) is 4.72 Å².